The molecule has 1 aromatic rings. The van der Waals surface area contributed by atoms with Crippen LogP contribution < -0.4 is 5.73 Å². The van der Waals surface area contributed by atoms with E-state index in [1.165, 1.54) is 0 Å². The van der Waals surface area contributed by atoms with Gasteiger partial charge in [0.25, 0.3) is 0 Å². The first-order chi connectivity index (χ1) is 6.51. The van der Waals surface area contributed by atoms with E-state index in [9.17, 15) is 5.11 Å². The van der Waals surface area contributed by atoms with Crippen LogP contribution in [0.25, 0.3) is 0 Å². The van der Waals surface area contributed by atoms with Crippen molar-refractivity contribution in [3.8, 4) is 0 Å². The van der Waals surface area contributed by atoms with Gasteiger partial charge in [-0.15, -0.1) is 0 Å². The van der Waals surface area contributed by atoms with Gasteiger partial charge in [0.1, 0.15) is 5.60 Å². The number of aryl methyl sites for hydroxylation is 1. The van der Waals surface area contributed by atoms with Gasteiger partial charge < -0.3 is 15.3 Å². The van der Waals surface area contributed by atoms with Gasteiger partial charge in [0.2, 0.25) is 0 Å². The quantitative estimate of drug-likeness (QED) is 0.712. The summed E-state index contributed by atoms with van der Waals surface area (Å²) in [5, 5.41) is 10.6. The summed E-state index contributed by atoms with van der Waals surface area (Å²) < 4.78 is 5.14. The normalized spacial score (nSPS) is 30.0. The molecule has 0 saturated heterocycles. The highest BCUT2D eigenvalue weighted by atomic mass is 16.3. The minimum absolute atomic E-state index is 0.182. The molecule has 1 aliphatic rings. The Morgan fingerprint density at radius 1 is 1.50 bits per heavy atom. The molecule has 1 unspecified atom stereocenters. The molecule has 0 aliphatic heterocycles. The van der Waals surface area contributed by atoms with Crippen molar-refractivity contribution in [1.82, 2.24) is 0 Å². The fraction of sp³-hybridized carbons (Fsp3) is 0.636. The Morgan fingerprint density at radius 2 is 2.21 bits per heavy atom. The van der Waals surface area contributed by atoms with Gasteiger partial charge in [-0.3, -0.25) is 0 Å². The van der Waals surface area contributed by atoms with E-state index < -0.39 is 5.60 Å². The molecule has 0 amide bonds. The number of aliphatic hydroxyl groups is 1. The van der Waals surface area contributed by atoms with E-state index in [0.717, 1.165) is 24.0 Å². The van der Waals surface area contributed by atoms with E-state index in [0.29, 0.717) is 0 Å². The Bertz CT molecular complexity index is 343. The highest BCUT2D eigenvalue weighted by Gasteiger charge is 2.48. The second-order valence-electron chi connectivity index (χ2n) is 4.76. The summed E-state index contributed by atoms with van der Waals surface area (Å²) >= 11 is 0. The molecule has 3 heteroatoms. The van der Waals surface area contributed by atoms with Crippen molar-refractivity contribution in [2.45, 2.75) is 32.3 Å². The van der Waals surface area contributed by atoms with Crippen LogP contribution in [-0.2, 0) is 12.0 Å². The fourth-order valence-corrected chi connectivity index (χ4v) is 2.28. The molecule has 0 radical (unpaired) electrons. The third-order valence-electron chi connectivity index (χ3n) is 3.62. The number of hydrogen-bond acceptors (Lipinski definition) is 3. The Labute approximate surface area is 83.9 Å². The van der Waals surface area contributed by atoms with E-state index >= 15 is 0 Å². The predicted octanol–water partition coefficient (Wildman–Crippen LogP) is 1.40. The molecule has 3 nitrogen and oxygen atoms in total. The standard InChI is InChI=1S/C11H17NO2/c1-10(2)4-3-8-5-14-6-9(8)11(10,13)7-12/h5-6,13H,3-4,7,12H2,1-2H3. The molecule has 14 heavy (non-hydrogen) atoms. The Balaban J connectivity index is 2.55. The van der Waals surface area contributed by atoms with Gasteiger partial charge in [-0.2, -0.15) is 0 Å². The molecule has 2 rings (SSSR count). The van der Waals surface area contributed by atoms with Crippen molar-refractivity contribution in [1.29, 1.82) is 0 Å². The minimum atomic E-state index is -0.937. The number of furan rings is 1. The van der Waals surface area contributed by atoms with Crippen LogP contribution >= 0.6 is 0 Å². The topological polar surface area (TPSA) is 59.4 Å². The molecule has 1 heterocycles. The first-order valence-electron chi connectivity index (χ1n) is 4.99. The van der Waals surface area contributed by atoms with Gasteiger partial charge in [-0.1, -0.05) is 13.8 Å². The summed E-state index contributed by atoms with van der Waals surface area (Å²) in [6.07, 6.45) is 5.24. The molecule has 0 bridgehead atoms. The van der Waals surface area contributed by atoms with E-state index in [-0.39, 0.29) is 12.0 Å². The lowest BCUT2D eigenvalue weighted by atomic mass is 9.64. The van der Waals surface area contributed by atoms with E-state index in [2.05, 4.69) is 13.8 Å². The lowest BCUT2D eigenvalue weighted by Gasteiger charge is -2.45. The maximum absolute atomic E-state index is 10.6. The van der Waals surface area contributed by atoms with Crippen LogP contribution in [0.3, 0.4) is 0 Å². The van der Waals surface area contributed by atoms with Crippen molar-refractivity contribution in [2.75, 3.05) is 6.54 Å². The number of hydrogen-bond donors (Lipinski definition) is 2. The minimum Gasteiger partial charge on any atom is -0.472 e. The van der Waals surface area contributed by atoms with Crippen molar-refractivity contribution in [3.05, 3.63) is 23.7 Å². The summed E-state index contributed by atoms with van der Waals surface area (Å²) in [6, 6.07) is 0. The maximum Gasteiger partial charge on any atom is 0.110 e. The second-order valence-corrected chi connectivity index (χ2v) is 4.76. The summed E-state index contributed by atoms with van der Waals surface area (Å²) in [7, 11) is 0. The maximum atomic E-state index is 10.6. The van der Waals surface area contributed by atoms with Crippen molar-refractivity contribution < 1.29 is 9.52 Å². The Morgan fingerprint density at radius 3 is 2.86 bits per heavy atom. The van der Waals surface area contributed by atoms with E-state index in [4.69, 9.17) is 10.2 Å². The van der Waals surface area contributed by atoms with E-state index in [1.807, 2.05) is 0 Å². The predicted molar refractivity (Wildman–Crippen MR) is 53.8 cm³/mol. The van der Waals surface area contributed by atoms with Gasteiger partial charge in [0.05, 0.1) is 12.5 Å². The fourth-order valence-electron chi connectivity index (χ4n) is 2.28. The third kappa shape index (κ3) is 1.06. The molecule has 1 atom stereocenters. The van der Waals surface area contributed by atoms with Gasteiger partial charge in [0.15, 0.2) is 0 Å². The molecule has 1 aliphatic carbocycles. The number of rotatable bonds is 1. The Hall–Kier alpha value is -0.800. The number of fused-ring (bicyclic) bond motifs is 1. The second kappa shape index (κ2) is 2.84. The molecular weight excluding hydrogens is 178 g/mol. The van der Waals surface area contributed by atoms with E-state index in [1.54, 1.807) is 12.5 Å². The molecular formula is C11H17NO2. The first kappa shape index (κ1) is 9.74. The summed E-state index contributed by atoms with van der Waals surface area (Å²) in [5.74, 6) is 0. The smallest absolute Gasteiger partial charge is 0.110 e. The van der Waals surface area contributed by atoms with Gasteiger partial charge >= 0.3 is 0 Å². The van der Waals surface area contributed by atoms with Gasteiger partial charge in [-0.25, -0.2) is 0 Å². The molecule has 0 saturated carbocycles. The van der Waals surface area contributed by atoms with Gasteiger partial charge in [0, 0.05) is 12.1 Å². The molecule has 0 aromatic carbocycles. The lowest BCUT2D eigenvalue weighted by molar-refractivity contribution is -0.0774. The van der Waals surface area contributed by atoms with Crippen molar-refractivity contribution in [2.24, 2.45) is 11.1 Å². The molecule has 0 fully saturated rings. The average molecular weight is 195 g/mol. The molecule has 78 valence electrons. The highest BCUT2D eigenvalue weighted by Crippen LogP contribution is 2.47. The van der Waals surface area contributed by atoms with Crippen LogP contribution in [0, 0.1) is 5.41 Å². The zero-order valence-electron chi connectivity index (χ0n) is 8.71. The number of nitrogens with two attached hydrogens (primary N) is 1. The third-order valence-corrected chi connectivity index (χ3v) is 3.62. The van der Waals surface area contributed by atoms with Gasteiger partial charge in [-0.05, 0) is 23.8 Å². The van der Waals surface area contributed by atoms with Crippen LogP contribution in [-0.4, -0.2) is 11.7 Å². The molecule has 1 aromatic heterocycles. The molecule has 0 spiro atoms. The SMILES string of the molecule is CC1(C)CCc2cocc2C1(O)CN. The molecule has 3 N–H and O–H groups in total. The zero-order valence-corrected chi connectivity index (χ0v) is 8.71. The average Bonchev–Trinajstić information content (AvgIpc) is 2.60. The van der Waals surface area contributed by atoms with Crippen LogP contribution in [0.15, 0.2) is 16.9 Å². The van der Waals surface area contributed by atoms with Crippen LogP contribution in [0.2, 0.25) is 0 Å². The summed E-state index contributed by atoms with van der Waals surface area (Å²) in [5.41, 5.74) is 6.54. The summed E-state index contributed by atoms with van der Waals surface area (Å²) in [6.45, 7) is 4.35. The monoisotopic (exact) mass is 195 g/mol. The van der Waals surface area contributed by atoms with Crippen LogP contribution in [0.4, 0.5) is 0 Å². The Kier molecular flexibility index (Phi) is 1.98. The largest absolute Gasteiger partial charge is 0.472 e. The zero-order chi connectivity index (χ0) is 10.4. The van der Waals surface area contributed by atoms with Crippen LogP contribution in [0.1, 0.15) is 31.4 Å². The van der Waals surface area contributed by atoms with Crippen molar-refractivity contribution >= 4 is 0 Å². The van der Waals surface area contributed by atoms with Crippen molar-refractivity contribution in [3.63, 3.8) is 0 Å². The lowest BCUT2D eigenvalue weighted by Crippen LogP contribution is -2.50. The van der Waals surface area contributed by atoms with Crippen LogP contribution in [0.5, 0.6) is 0 Å². The summed E-state index contributed by atoms with van der Waals surface area (Å²) in [4.78, 5) is 0. The highest BCUT2D eigenvalue weighted by molar-refractivity contribution is 5.33. The first-order valence-corrected chi connectivity index (χ1v) is 4.99.